The van der Waals surface area contributed by atoms with E-state index in [4.69, 9.17) is 0 Å². The molecule has 0 N–H and O–H groups in total. The second-order valence-electron chi connectivity index (χ2n) is 3.23. The topological polar surface area (TPSA) is 12.9 Å². The average Bonchev–Trinajstić information content (AvgIpc) is 2.49. The predicted octanol–water partition coefficient (Wildman–Crippen LogP) is 3.42. The lowest BCUT2D eigenvalue weighted by Crippen LogP contribution is -1.87. The molecule has 2 heteroatoms. The molecule has 0 amide bonds. The number of hydrogen-bond donors (Lipinski definition) is 0. The number of rotatable bonds is 1. The van der Waals surface area contributed by atoms with Gasteiger partial charge in [-0.3, -0.25) is 4.98 Å². The van der Waals surface area contributed by atoms with E-state index >= 15 is 0 Å². The molecule has 12 heavy (non-hydrogen) atoms. The van der Waals surface area contributed by atoms with Crippen molar-refractivity contribution in [3.05, 3.63) is 29.3 Å². The third kappa shape index (κ3) is 1.23. The molecule has 1 nitrogen and oxygen atoms in total. The summed E-state index contributed by atoms with van der Waals surface area (Å²) in [4.78, 5) is 4.37. The average molecular weight is 177 g/mol. The Balaban J connectivity index is 2.60. The minimum Gasteiger partial charge on any atom is -0.255 e. The molecular weight excluding hydrogens is 166 g/mol. The van der Waals surface area contributed by atoms with Crippen LogP contribution in [0.2, 0.25) is 0 Å². The summed E-state index contributed by atoms with van der Waals surface area (Å²) in [6, 6.07) is 4.29. The minimum atomic E-state index is 0.573. The third-order valence-corrected chi connectivity index (χ3v) is 2.84. The molecule has 2 rings (SSSR count). The fraction of sp³-hybridized carbons (Fsp3) is 0.300. The van der Waals surface area contributed by atoms with Gasteiger partial charge in [0, 0.05) is 6.20 Å². The predicted molar refractivity (Wildman–Crippen MR) is 53.7 cm³/mol. The fourth-order valence-corrected chi connectivity index (χ4v) is 1.97. The largest absolute Gasteiger partial charge is 0.255 e. The van der Waals surface area contributed by atoms with Gasteiger partial charge in [0.1, 0.15) is 0 Å². The molecule has 0 spiro atoms. The number of hydrogen-bond acceptors (Lipinski definition) is 2. The summed E-state index contributed by atoms with van der Waals surface area (Å²) in [5, 5.41) is 2.09. The molecule has 0 atom stereocenters. The summed E-state index contributed by atoms with van der Waals surface area (Å²) in [6.07, 6.45) is 1.97. The van der Waals surface area contributed by atoms with Gasteiger partial charge in [-0.05, 0) is 29.0 Å². The first kappa shape index (κ1) is 7.74. The Hall–Kier alpha value is -0.890. The molecule has 0 aliphatic heterocycles. The Morgan fingerprint density at radius 3 is 3.00 bits per heavy atom. The van der Waals surface area contributed by atoms with Crippen LogP contribution in [-0.4, -0.2) is 4.98 Å². The van der Waals surface area contributed by atoms with Crippen LogP contribution >= 0.6 is 11.3 Å². The van der Waals surface area contributed by atoms with Gasteiger partial charge in [0.25, 0.3) is 0 Å². The van der Waals surface area contributed by atoms with Crippen molar-refractivity contribution < 1.29 is 0 Å². The van der Waals surface area contributed by atoms with E-state index in [0.717, 1.165) is 5.52 Å². The first-order chi connectivity index (χ1) is 5.77. The molecule has 2 aromatic heterocycles. The van der Waals surface area contributed by atoms with Gasteiger partial charge in [0.2, 0.25) is 0 Å². The number of thiophene rings is 1. The van der Waals surface area contributed by atoms with E-state index in [0.29, 0.717) is 5.92 Å². The molecule has 2 heterocycles. The summed E-state index contributed by atoms with van der Waals surface area (Å²) < 4.78 is 1.29. The Labute approximate surface area is 76.1 Å². The summed E-state index contributed by atoms with van der Waals surface area (Å²) in [6.45, 7) is 4.38. The number of fused-ring (bicyclic) bond motifs is 1. The van der Waals surface area contributed by atoms with Crippen molar-refractivity contribution in [1.29, 1.82) is 0 Å². The van der Waals surface area contributed by atoms with Gasteiger partial charge < -0.3 is 0 Å². The van der Waals surface area contributed by atoms with E-state index in [1.807, 2.05) is 6.20 Å². The van der Waals surface area contributed by atoms with E-state index in [1.54, 1.807) is 11.3 Å². The lowest BCUT2D eigenvalue weighted by atomic mass is 10.1. The van der Waals surface area contributed by atoms with Crippen molar-refractivity contribution in [2.45, 2.75) is 19.8 Å². The molecule has 0 bridgehead atoms. The second-order valence-corrected chi connectivity index (χ2v) is 4.18. The highest BCUT2D eigenvalue weighted by Crippen LogP contribution is 2.22. The molecule has 0 aromatic carbocycles. The lowest BCUT2D eigenvalue weighted by Gasteiger charge is -2.02. The van der Waals surface area contributed by atoms with Gasteiger partial charge in [-0.2, -0.15) is 0 Å². The maximum atomic E-state index is 4.37. The maximum Gasteiger partial charge on any atom is 0.0809 e. The molecule has 0 fully saturated rings. The number of nitrogens with zero attached hydrogens (tertiary/aromatic N) is 1. The van der Waals surface area contributed by atoms with Crippen LogP contribution in [0.25, 0.3) is 10.2 Å². The summed E-state index contributed by atoms with van der Waals surface area (Å²) in [7, 11) is 0. The van der Waals surface area contributed by atoms with Crippen LogP contribution < -0.4 is 0 Å². The molecule has 0 saturated heterocycles. The Morgan fingerprint density at radius 1 is 1.42 bits per heavy atom. The van der Waals surface area contributed by atoms with E-state index in [1.165, 1.54) is 10.3 Å². The fourth-order valence-electron chi connectivity index (χ4n) is 1.18. The van der Waals surface area contributed by atoms with Gasteiger partial charge in [0.05, 0.1) is 10.2 Å². The van der Waals surface area contributed by atoms with Crippen molar-refractivity contribution in [2.75, 3.05) is 0 Å². The van der Waals surface area contributed by atoms with Crippen molar-refractivity contribution in [1.82, 2.24) is 4.98 Å². The summed E-state index contributed by atoms with van der Waals surface area (Å²) in [5.74, 6) is 0.573. The monoisotopic (exact) mass is 177 g/mol. The Kier molecular flexibility index (Phi) is 1.85. The van der Waals surface area contributed by atoms with E-state index in [-0.39, 0.29) is 0 Å². The quantitative estimate of drug-likeness (QED) is 0.650. The van der Waals surface area contributed by atoms with Gasteiger partial charge in [0.15, 0.2) is 0 Å². The molecule has 62 valence electrons. The summed E-state index contributed by atoms with van der Waals surface area (Å²) in [5.41, 5.74) is 2.44. The highest BCUT2D eigenvalue weighted by atomic mass is 32.1. The number of aromatic nitrogens is 1. The molecule has 2 aromatic rings. The van der Waals surface area contributed by atoms with Gasteiger partial charge in [-0.1, -0.05) is 13.8 Å². The van der Waals surface area contributed by atoms with E-state index in [2.05, 4.69) is 36.3 Å². The zero-order chi connectivity index (χ0) is 8.55. The normalized spacial score (nSPS) is 11.2. The van der Waals surface area contributed by atoms with Crippen molar-refractivity contribution >= 4 is 21.6 Å². The lowest BCUT2D eigenvalue weighted by molar-refractivity contribution is 0.862. The van der Waals surface area contributed by atoms with Crippen molar-refractivity contribution in [3.63, 3.8) is 0 Å². The summed E-state index contributed by atoms with van der Waals surface area (Å²) >= 11 is 1.76. The molecular formula is C10H11NS. The SMILES string of the molecule is CC(C)c1cnc2ccsc2c1. The van der Waals surface area contributed by atoms with Crippen LogP contribution in [0.1, 0.15) is 25.3 Å². The molecule has 0 saturated carbocycles. The zero-order valence-corrected chi connectivity index (χ0v) is 8.06. The van der Waals surface area contributed by atoms with Crippen LogP contribution in [0.4, 0.5) is 0 Å². The second kappa shape index (κ2) is 2.87. The van der Waals surface area contributed by atoms with E-state index < -0.39 is 0 Å². The molecule has 0 radical (unpaired) electrons. The Bertz CT molecular complexity index is 389. The molecule has 0 aliphatic carbocycles. The highest BCUT2D eigenvalue weighted by molar-refractivity contribution is 7.17. The van der Waals surface area contributed by atoms with Gasteiger partial charge in [-0.15, -0.1) is 11.3 Å². The van der Waals surface area contributed by atoms with Crippen molar-refractivity contribution in [2.24, 2.45) is 0 Å². The zero-order valence-electron chi connectivity index (χ0n) is 7.24. The molecule has 0 aliphatic rings. The number of pyridine rings is 1. The maximum absolute atomic E-state index is 4.37. The van der Waals surface area contributed by atoms with Gasteiger partial charge in [-0.25, -0.2) is 0 Å². The third-order valence-electron chi connectivity index (χ3n) is 1.99. The standard InChI is InChI=1S/C10H11NS/c1-7(2)8-5-10-9(11-6-8)3-4-12-10/h3-7H,1-2H3. The highest BCUT2D eigenvalue weighted by Gasteiger charge is 2.01. The first-order valence-electron chi connectivity index (χ1n) is 4.10. The minimum absolute atomic E-state index is 0.573. The van der Waals surface area contributed by atoms with Crippen LogP contribution in [0, 0.1) is 0 Å². The van der Waals surface area contributed by atoms with Crippen LogP contribution in [0.5, 0.6) is 0 Å². The first-order valence-corrected chi connectivity index (χ1v) is 4.98. The van der Waals surface area contributed by atoms with E-state index in [9.17, 15) is 0 Å². The van der Waals surface area contributed by atoms with Crippen molar-refractivity contribution in [3.8, 4) is 0 Å². The smallest absolute Gasteiger partial charge is 0.0809 e. The van der Waals surface area contributed by atoms with Crippen LogP contribution in [0.15, 0.2) is 23.7 Å². The Morgan fingerprint density at radius 2 is 2.25 bits per heavy atom. The van der Waals surface area contributed by atoms with Gasteiger partial charge >= 0.3 is 0 Å². The molecule has 0 unspecified atom stereocenters. The van der Waals surface area contributed by atoms with Crippen LogP contribution in [0.3, 0.4) is 0 Å². The van der Waals surface area contributed by atoms with Crippen LogP contribution in [-0.2, 0) is 0 Å².